The predicted octanol–water partition coefficient (Wildman–Crippen LogP) is 3.42. The van der Waals surface area contributed by atoms with Crippen LogP contribution >= 0.6 is 0 Å². The summed E-state index contributed by atoms with van der Waals surface area (Å²) in [5, 5.41) is 2.94. The normalized spacial score (nSPS) is 13.7. The fourth-order valence-corrected chi connectivity index (χ4v) is 4.09. The van der Waals surface area contributed by atoms with E-state index < -0.39 is 16.1 Å². The molecule has 0 spiro atoms. The van der Waals surface area contributed by atoms with Crippen molar-refractivity contribution in [2.45, 2.75) is 39.3 Å². The SMILES string of the molecule is CC[C@@H](C(=O)N[C@H](C)c1ccc(C)cc1)N(c1ccccc1)S(C)(=O)=O. The maximum absolute atomic E-state index is 12.9. The summed E-state index contributed by atoms with van der Waals surface area (Å²) in [5.41, 5.74) is 2.61. The summed E-state index contributed by atoms with van der Waals surface area (Å²) < 4.78 is 26.0. The highest BCUT2D eigenvalue weighted by atomic mass is 32.2. The lowest BCUT2D eigenvalue weighted by Crippen LogP contribution is -2.49. The zero-order valence-electron chi connectivity index (χ0n) is 15.6. The number of amides is 1. The molecule has 0 saturated heterocycles. The van der Waals surface area contributed by atoms with Gasteiger partial charge in [0.2, 0.25) is 15.9 Å². The van der Waals surface area contributed by atoms with Gasteiger partial charge in [-0.15, -0.1) is 0 Å². The standard InChI is InChI=1S/C20H26N2O3S/c1-5-19(22(26(4,24)25)18-9-7-6-8-10-18)20(23)21-16(3)17-13-11-15(2)12-14-17/h6-14,16,19H,5H2,1-4H3,(H,21,23)/t16-,19+/m1/s1. The van der Waals surface area contributed by atoms with Crippen molar-refractivity contribution < 1.29 is 13.2 Å². The van der Waals surface area contributed by atoms with E-state index in [1.54, 1.807) is 24.3 Å². The number of rotatable bonds is 7. The van der Waals surface area contributed by atoms with Crippen molar-refractivity contribution in [3.8, 4) is 0 Å². The molecule has 2 atom stereocenters. The Kier molecular flexibility index (Phi) is 6.42. The molecule has 140 valence electrons. The molecule has 0 saturated carbocycles. The lowest BCUT2D eigenvalue weighted by atomic mass is 10.1. The first-order chi connectivity index (χ1) is 12.2. The second kappa shape index (κ2) is 8.36. The summed E-state index contributed by atoms with van der Waals surface area (Å²) in [4.78, 5) is 12.9. The Morgan fingerprint density at radius 1 is 1.08 bits per heavy atom. The highest BCUT2D eigenvalue weighted by Gasteiger charge is 2.32. The van der Waals surface area contributed by atoms with Crippen LogP contribution in [0.5, 0.6) is 0 Å². The van der Waals surface area contributed by atoms with E-state index in [1.165, 1.54) is 4.31 Å². The van der Waals surface area contributed by atoms with Gasteiger partial charge in [-0.2, -0.15) is 0 Å². The first-order valence-corrected chi connectivity index (χ1v) is 10.5. The first kappa shape index (κ1) is 20.0. The lowest BCUT2D eigenvalue weighted by molar-refractivity contribution is -0.122. The number of sulfonamides is 1. The number of nitrogens with one attached hydrogen (secondary N) is 1. The third kappa shape index (κ3) is 4.85. The van der Waals surface area contributed by atoms with Crippen molar-refractivity contribution in [1.82, 2.24) is 5.32 Å². The molecule has 6 heteroatoms. The van der Waals surface area contributed by atoms with Crippen LogP contribution in [0.2, 0.25) is 0 Å². The fraction of sp³-hybridized carbons (Fsp3) is 0.350. The number of para-hydroxylation sites is 1. The molecule has 26 heavy (non-hydrogen) atoms. The van der Waals surface area contributed by atoms with Crippen LogP contribution < -0.4 is 9.62 Å². The Morgan fingerprint density at radius 3 is 2.15 bits per heavy atom. The Balaban J connectivity index is 2.26. The molecule has 2 rings (SSSR count). The van der Waals surface area contributed by atoms with Crippen molar-refractivity contribution in [1.29, 1.82) is 0 Å². The monoisotopic (exact) mass is 374 g/mol. The highest BCUT2D eigenvalue weighted by molar-refractivity contribution is 7.92. The highest BCUT2D eigenvalue weighted by Crippen LogP contribution is 2.23. The molecule has 0 aliphatic heterocycles. The molecule has 1 N–H and O–H groups in total. The van der Waals surface area contributed by atoms with Gasteiger partial charge in [0, 0.05) is 0 Å². The second-order valence-corrected chi connectivity index (χ2v) is 8.32. The van der Waals surface area contributed by atoms with E-state index in [2.05, 4.69) is 5.32 Å². The van der Waals surface area contributed by atoms with Crippen LogP contribution in [0.15, 0.2) is 54.6 Å². The van der Waals surface area contributed by atoms with E-state index in [9.17, 15) is 13.2 Å². The molecule has 0 fully saturated rings. The van der Waals surface area contributed by atoms with Gasteiger partial charge < -0.3 is 5.32 Å². The number of hydrogen-bond acceptors (Lipinski definition) is 3. The molecule has 0 heterocycles. The van der Waals surface area contributed by atoms with Gasteiger partial charge >= 0.3 is 0 Å². The molecule has 0 aromatic heterocycles. The van der Waals surface area contributed by atoms with E-state index in [0.717, 1.165) is 17.4 Å². The zero-order chi connectivity index (χ0) is 19.3. The van der Waals surface area contributed by atoms with Crippen LogP contribution in [-0.4, -0.2) is 26.6 Å². The van der Waals surface area contributed by atoms with Crippen molar-refractivity contribution in [2.24, 2.45) is 0 Å². The minimum atomic E-state index is -3.61. The van der Waals surface area contributed by atoms with E-state index in [-0.39, 0.29) is 11.9 Å². The third-order valence-corrected chi connectivity index (χ3v) is 5.46. The molecular weight excluding hydrogens is 348 g/mol. The van der Waals surface area contributed by atoms with Crippen molar-refractivity contribution >= 4 is 21.6 Å². The van der Waals surface area contributed by atoms with Gasteiger partial charge in [-0.1, -0.05) is 55.0 Å². The summed E-state index contributed by atoms with van der Waals surface area (Å²) in [6, 6.07) is 15.6. The van der Waals surface area contributed by atoms with Gasteiger partial charge in [-0.05, 0) is 38.0 Å². The molecule has 0 bridgehead atoms. The Morgan fingerprint density at radius 2 is 1.65 bits per heavy atom. The van der Waals surface area contributed by atoms with Crippen LogP contribution in [0, 0.1) is 6.92 Å². The molecule has 2 aromatic rings. The topological polar surface area (TPSA) is 66.5 Å². The minimum Gasteiger partial charge on any atom is -0.348 e. The Labute approximate surface area is 156 Å². The molecule has 1 amide bonds. The Hall–Kier alpha value is -2.34. The molecule has 5 nitrogen and oxygen atoms in total. The molecule has 2 aromatic carbocycles. The molecule has 0 aliphatic carbocycles. The summed E-state index contributed by atoms with van der Waals surface area (Å²) in [5.74, 6) is -0.310. The fourth-order valence-electron chi connectivity index (χ4n) is 2.88. The minimum absolute atomic E-state index is 0.214. The summed E-state index contributed by atoms with van der Waals surface area (Å²) in [6.45, 7) is 5.70. The number of hydrogen-bond donors (Lipinski definition) is 1. The number of benzene rings is 2. The van der Waals surface area contributed by atoms with Crippen LogP contribution in [0.4, 0.5) is 5.69 Å². The van der Waals surface area contributed by atoms with E-state index in [1.807, 2.05) is 51.1 Å². The van der Waals surface area contributed by atoms with Crippen LogP contribution in [0.25, 0.3) is 0 Å². The molecule has 0 unspecified atom stereocenters. The third-order valence-electron chi connectivity index (χ3n) is 4.28. The summed E-state index contributed by atoms with van der Waals surface area (Å²) >= 11 is 0. The number of nitrogens with zero attached hydrogens (tertiary/aromatic N) is 1. The summed E-state index contributed by atoms with van der Waals surface area (Å²) in [7, 11) is -3.61. The van der Waals surface area contributed by atoms with Gasteiger partial charge in [0.1, 0.15) is 6.04 Å². The van der Waals surface area contributed by atoms with Gasteiger partial charge in [0.05, 0.1) is 18.0 Å². The van der Waals surface area contributed by atoms with E-state index in [0.29, 0.717) is 12.1 Å². The van der Waals surface area contributed by atoms with Gasteiger partial charge in [-0.3, -0.25) is 9.10 Å². The summed E-state index contributed by atoms with van der Waals surface area (Å²) in [6.07, 6.45) is 1.49. The first-order valence-electron chi connectivity index (χ1n) is 8.65. The molecule has 0 aliphatic rings. The van der Waals surface area contributed by atoms with Gasteiger partial charge in [0.25, 0.3) is 0 Å². The van der Waals surface area contributed by atoms with E-state index in [4.69, 9.17) is 0 Å². The van der Waals surface area contributed by atoms with Crippen LogP contribution in [0.3, 0.4) is 0 Å². The average Bonchev–Trinajstić information content (AvgIpc) is 2.59. The number of carbonyl (C=O) groups excluding carboxylic acids is 1. The average molecular weight is 375 g/mol. The largest absolute Gasteiger partial charge is 0.348 e. The maximum Gasteiger partial charge on any atom is 0.244 e. The lowest BCUT2D eigenvalue weighted by Gasteiger charge is -2.31. The maximum atomic E-state index is 12.9. The zero-order valence-corrected chi connectivity index (χ0v) is 16.5. The van der Waals surface area contributed by atoms with Crippen molar-refractivity contribution in [3.05, 3.63) is 65.7 Å². The molecular formula is C20H26N2O3S. The van der Waals surface area contributed by atoms with E-state index >= 15 is 0 Å². The van der Waals surface area contributed by atoms with Crippen LogP contribution in [-0.2, 0) is 14.8 Å². The van der Waals surface area contributed by atoms with Crippen molar-refractivity contribution in [2.75, 3.05) is 10.6 Å². The number of carbonyl (C=O) groups is 1. The molecule has 0 radical (unpaired) electrons. The smallest absolute Gasteiger partial charge is 0.244 e. The number of aryl methyl sites for hydroxylation is 1. The predicted molar refractivity (Wildman–Crippen MR) is 106 cm³/mol. The van der Waals surface area contributed by atoms with Gasteiger partial charge in [-0.25, -0.2) is 8.42 Å². The van der Waals surface area contributed by atoms with Gasteiger partial charge in [0.15, 0.2) is 0 Å². The Bertz CT molecular complexity index is 833. The number of anilines is 1. The second-order valence-electron chi connectivity index (χ2n) is 6.46. The van der Waals surface area contributed by atoms with Crippen molar-refractivity contribution in [3.63, 3.8) is 0 Å². The quantitative estimate of drug-likeness (QED) is 0.807. The van der Waals surface area contributed by atoms with Crippen LogP contribution in [0.1, 0.15) is 37.4 Å².